The van der Waals surface area contributed by atoms with Gasteiger partial charge in [-0.3, -0.25) is 9.89 Å². The fourth-order valence-electron chi connectivity index (χ4n) is 3.25. The largest absolute Gasteiger partial charge is 0.380 e. The standard InChI is InChI=1S/C20H32ClFN4O2.HI/c1-4-23-20(24-9-11-27-5-2)25-13-18(26-10-12-28-15(3)14-26)19-16(21)7-6-8-17(19)22;/h6-8,15,18H,4-5,9-14H2,1-3H3,(H2,23,24,25);1H. The summed E-state index contributed by atoms with van der Waals surface area (Å²) in [6, 6.07) is 4.55. The van der Waals surface area contributed by atoms with Crippen LogP contribution in [0.3, 0.4) is 0 Å². The second-order valence-corrected chi connectivity index (χ2v) is 7.08. The molecule has 2 unspecified atom stereocenters. The number of ether oxygens (including phenoxy) is 2. The van der Waals surface area contributed by atoms with Crippen molar-refractivity contribution >= 4 is 41.5 Å². The molecule has 0 saturated carbocycles. The molecule has 2 N–H and O–H groups in total. The molecule has 0 bridgehead atoms. The van der Waals surface area contributed by atoms with Crippen molar-refractivity contribution in [3.05, 3.63) is 34.6 Å². The summed E-state index contributed by atoms with van der Waals surface area (Å²) in [5, 5.41) is 6.89. The number of morpholine rings is 1. The third kappa shape index (κ3) is 8.53. The Morgan fingerprint density at radius 3 is 2.86 bits per heavy atom. The molecule has 0 amide bonds. The van der Waals surface area contributed by atoms with E-state index in [4.69, 9.17) is 26.1 Å². The number of rotatable bonds is 9. The Morgan fingerprint density at radius 2 is 2.21 bits per heavy atom. The third-order valence-electron chi connectivity index (χ3n) is 4.56. The van der Waals surface area contributed by atoms with E-state index in [1.807, 2.05) is 20.8 Å². The van der Waals surface area contributed by atoms with Gasteiger partial charge in [-0.15, -0.1) is 24.0 Å². The Bertz CT molecular complexity index is 618. The van der Waals surface area contributed by atoms with E-state index in [1.54, 1.807) is 12.1 Å². The molecular weight excluding hydrogens is 510 g/mol. The maximum absolute atomic E-state index is 14.7. The lowest BCUT2D eigenvalue weighted by Crippen LogP contribution is -2.45. The molecule has 2 rings (SSSR count). The number of halogens is 3. The molecular formula is C20H33ClFIN4O2. The second kappa shape index (κ2) is 14.3. The van der Waals surface area contributed by atoms with E-state index in [0.717, 1.165) is 6.54 Å². The van der Waals surface area contributed by atoms with Gasteiger partial charge in [0.1, 0.15) is 5.82 Å². The van der Waals surface area contributed by atoms with Crippen molar-refractivity contribution in [3.63, 3.8) is 0 Å². The molecule has 1 heterocycles. The smallest absolute Gasteiger partial charge is 0.191 e. The van der Waals surface area contributed by atoms with E-state index in [1.165, 1.54) is 6.07 Å². The molecule has 1 saturated heterocycles. The third-order valence-corrected chi connectivity index (χ3v) is 4.89. The number of nitrogens with zero attached hydrogens (tertiary/aromatic N) is 2. The van der Waals surface area contributed by atoms with Gasteiger partial charge in [-0.1, -0.05) is 17.7 Å². The molecule has 1 aliphatic rings. The van der Waals surface area contributed by atoms with Gasteiger partial charge < -0.3 is 20.1 Å². The lowest BCUT2D eigenvalue weighted by molar-refractivity contribution is -0.0336. The van der Waals surface area contributed by atoms with Gasteiger partial charge >= 0.3 is 0 Å². The first-order valence-corrected chi connectivity index (χ1v) is 10.3. The lowest BCUT2D eigenvalue weighted by Gasteiger charge is -2.37. The lowest BCUT2D eigenvalue weighted by atomic mass is 10.0. The van der Waals surface area contributed by atoms with Crippen molar-refractivity contribution in [2.24, 2.45) is 4.99 Å². The predicted molar refractivity (Wildman–Crippen MR) is 127 cm³/mol. The summed E-state index contributed by atoms with van der Waals surface area (Å²) in [4.78, 5) is 6.90. The molecule has 1 aromatic carbocycles. The maximum Gasteiger partial charge on any atom is 0.191 e. The number of nitrogens with one attached hydrogen (secondary N) is 2. The highest BCUT2D eigenvalue weighted by atomic mass is 127. The predicted octanol–water partition coefficient (Wildman–Crippen LogP) is 3.45. The molecule has 0 radical (unpaired) electrons. The zero-order valence-electron chi connectivity index (χ0n) is 17.4. The minimum Gasteiger partial charge on any atom is -0.380 e. The van der Waals surface area contributed by atoms with Crippen LogP contribution in [0.5, 0.6) is 0 Å². The molecule has 2 atom stereocenters. The van der Waals surface area contributed by atoms with Crippen LogP contribution in [0.4, 0.5) is 4.39 Å². The minimum atomic E-state index is -0.304. The molecule has 166 valence electrons. The van der Waals surface area contributed by atoms with Crippen molar-refractivity contribution in [3.8, 4) is 0 Å². The van der Waals surface area contributed by atoms with Gasteiger partial charge in [0.2, 0.25) is 0 Å². The van der Waals surface area contributed by atoms with Crippen molar-refractivity contribution in [2.75, 3.05) is 52.5 Å². The number of benzene rings is 1. The van der Waals surface area contributed by atoms with Crippen LogP contribution in [0, 0.1) is 5.82 Å². The van der Waals surface area contributed by atoms with E-state index < -0.39 is 0 Å². The first-order chi connectivity index (χ1) is 13.6. The first-order valence-electron chi connectivity index (χ1n) is 9.96. The van der Waals surface area contributed by atoms with Gasteiger partial charge in [0.05, 0.1) is 31.9 Å². The van der Waals surface area contributed by atoms with Crippen molar-refractivity contribution in [2.45, 2.75) is 32.9 Å². The Labute approximate surface area is 195 Å². The molecule has 0 aliphatic carbocycles. The van der Waals surface area contributed by atoms with E-state index in [2.05, 4.69) is 15.5 Å². The first kappa shape index (κ1) is 26.4. The quantitative estimate of drug-likeness (QED) is 0.217. The van der Waals surface area contributed by atoms with Gasteiger partial charge in [0.15, 0.2) is 5.96 Å². The highest BCUT2D eigenvalue weighted by Gasteiger charge is 2.29. The van der Waals surface area contributed by atoms with E-state index in [-0.39, 0.29) is 41.9 Å². The summed E-state index contributed by atoms with van der Waals surface area (Å²) in [5.41, 5.74) is 0.493. The molecule has 6 nitrogen and oxygen atoms in total. The Balaban J connectivity index is 0.00000420. The van der Waals surface area contributed by atoms with E-state index >= 15 is 0 Å². The Hall–Kier alpha value is -0.680. The maximum atomic E-state index is 14.7. The van der Waals surface area contributed by atoms with Crippen LogP contribution in [0.15, 0.2) is 23.2 Å². The van der Waals surface area contributed by atoms with Crippen molar-refractivity contribution < 1.29 is 13.9 Å². The van der Waals surface area contributed by atoms with Crippen LogP contribution in [0.1, 0.15) is 32.4 Å². The monoisotopic (exact) mass is 542 g/mol. The van der Waals surface area contributed by atoms with E-state index in [9.17, 15) is 4.39 Å². The van der Waals surface area contributed by atoms with Crippen LogP contribution < -0.4 is 10.6 Å². The van der Waals surface area contributed by atoms with Crippen LogP contribution in [-0.4, -0.2) is 69.5 Å². The molecule has 0 aromatic heterocycles. The van der Waals surface area contributed by atoms with Gasteiger partial charge in [-0.25, -0.2) is 4.39 Å². The average Bonchev–Trinajstić information content (AvgIpc) is 2.67. The summed E-state index contributed by atoms with van der Waals surface area (Å²) in [6.07, 6.45) is 0.0864. The topological polar surface area (TPSA) is 58.1 Å². The van der Waals surface area contributed by atoms with Gasteiger partial charge in [0.25, 0.3) is 0 Å². The highest BCUT2D eigenvalue weighted by Crippen LogP contribution is 2.31. The van der Waals surface area contributed by atoms with Crippen molar-refractivity contribution in [1.29, 1.82) is 0 Å². The minimum absolute atomic E-state index is 0. The molecule has 1 fully saturated rings. The molecule has 9 heteroatoms. The fraction of sp³-hybridized carbons (Fsp3) is 0.650. The zero-order valence-corrected chi connectivity index (χ0v) is 20.5. The van der Waals surface area contributed by atoms with E-state index in [0.29, 0.717) is 62.5 Å². The zero-order chi connectivity index (χ0) is 20.4. The van der Waals surface area contributed by atoms with Gasteiger partial charge in [-0.2, -0.15) is 0 Å². The van der Waals surface area contributed by atoms with Crippen LogP contribution >= 0.6 is 35.6 Å². The number of guanidine groups is 1. The second-order valence-electron chi connectivity index (χ2n) is 6.67. The Kier molecular flexibility index (Phi) is 13.0. The van der Waals surface area contributed by atoms with Crippen LogP contribution in [0.25, 0.3) is 0 Å². The summed E-state index contributed by atoms with van der Waals surface area (Å²) in [6.45, 7) is 11.1. The summed E-state index contributed by atoms with van der Waals surface area (Å²) >= 11 is 6.38. The van der Waals surface area contributed by atoms with Crippen LogP contribution in [-0.2, 0) is 9.47 Å². The van der Waals surface area contributed by atoms with Crippen molar-refractivity contribution in [1.82, 2.24) is 15.5 Å². The number of aliphatic imine (C=N–C) groups is 1. The molecule has 0 spiro atoms. The summed E-state index contributed by atoms with van der Waals surface area (Å²) in [5.74, 6) is 0.377. The van der Waals surface area contributed by atoms with Gasteiger partial charge in [0, 0.05) is 43.4 Å². The highest BCUT2D eigenvalue weighted by molar-refractivity contribution is 14.0. The molecule has 1 aromatic rings. The normalized spacial score (nSPS) is 18.8. The molecule has 1 aliphatic heterocycles. The Morgan fingerprint density at radius 1 is 1.41 bits per heavy atom. The van der Waals surface area contributed by atoms with Crippen LogP contribution in [0.2, 0.25) is 5.02 Å². The fourth-order valence-corrected chi connectivity index (χ4v) is 3.54. The summed E-state index contributed by atoms with van der Waals surface area (Å²) in [7, 11) is 0. The average molecular weight is 543 g/mol. The number of hydrogen-bond donors (Lipinski definition) is 2. The number of hydrogen-bond acceptors (Lipinski definition) is 4. The SMILES string of the molecule is CCNC(=NCC(c1c(F)cccc1Cl)N1CCOC(C)C1)NCCOCC.I. The molecule has 29 heavy (non-hydrogen) atoms. The van der Waals surface area contributed by atoms with Gasteiger partial charge in [-0.05, 0) is 32.9 Å². The summed E-state index contributed by atoms with van der Waals surface area (Å²) < 4.78 is 25.7.